The van der Waals surface area contributed by atoms with Crippen LogP contribution in [0.3, 0.4) is 0 Å². The lowest BCUT2D eigenvalue weighted by Gasteiger charge is -2.09. The van der Waals surface area contributed by atoms with Gasteiger partial charge in [-0.05, 0) is 44.5 Å². The largest absolute Gasteiger partial charge is 0.487 e. The van der Waals surface area contributed by atoms with Gasteiger partial charge in [-0.15, -0.1) is 0 Å². The lowest BCUT2D eigenvalue weighted by atomic mass is 10.2. The number of hydrogen-bond donors (Lipinski definition) is 0. The number of hydrogen-bond acceptors (Lipinski definition) is 2. The van der Waals surface area contributed by atoms with Crippen LogP contribution >= 0.6 is 11.6 Å². The van der Waals surface area contributed by atoms with E-state index >= 15 is 0 Å². The molecule has 0 spiro atoms. The monoisotopic (exact) mass is 282 g/mol. The summed E-state index contributed by atoms with van der Waals surface area (Å²) in [5.74, 6) is 0.385. The van der Waals surface area contributed by atoms with E-state index in [1.54, 1.807) is 19.1 Å². The van der Waals surface area contributed by atoms with Gasteiger partial charge in [-0.3, -0.25) is 4.68 Å². The van der Waals surface area contributed by atoms with Gasteiger partial charge in [0.1, 0.15) is 18.2 Å². The van der Waals surface area contributed by atoms with E-state index in [9.17, 15) is 4.39 Å². The Bertz CT molecular complexity index is 595. The lowest BCUT2D eigenvalue weighted by Crippen LogP contribution is -2.06. The molecule has 3 nitrogen and oxygen atoms in total. The number of nitrogens with zero attached hydrogens (tertiary/aromatic N) is 2. The number of aromatic nitrogens is 2. The first kappa shape index (κ1) is 13.9. The second kappa shape index (κ2) is 5.61. The van der Waals surface area contributed by atoms with E-state index in [4.69, 9.17) is 16.3 Å². The van der Waals surface area contributed by atoms with Crippen molar-refractivity contribution >= 4 is 11.6 Å². The average Bonchev–Trinajstić information content (AvgIpc) is 2.67. The van der Waals surface area contributed by atoms with Crippen LogP contribution in [0.15, 0.2) is 18.2 Å². The van der Waals surface area contributed by atoms with Gasteiger partial charge in [0.2, 0.25) is 0 Å². The third-order valence-corrected chi connectivity index (χ3v) is 3.45. The Hall–Kier alpha value is -1.55. The first-order valence-electron chi connectivity index (χ1n) is 6.13. The summed E-state index contributed by atoms with van der Waals surface area (Å²) in [6.45, 7) is 6.61. The second-order valence-corrected chi connectivity index (χ2v) is 4.74. The standard InChI is InChI=1S/C14H16ClFN2O/c1-4-18-13(14(15)10(3)17-18)8-19-11-5-6-12(16)9(2)7-11/h5-7H,4,8H2,1-3H3. The van der Waals surface area contributed by atoms with Crippen LogP contribution in [0.5, 0.6) is 5.75 Å². The van der Waals surface area contributed by atoms with Crippen molar-refractivity contribution in [2.75, 3.05) is 0 Å². The van der Waals surface area contributed by atoms with Gasteiger partial charge in [0, 0.05) is 6.54 Å². The third kappa shape index (κ3) is 2.89. The van der Waals surface area contributed by atoms with Crippen molar-refractivity contribution in [3.05, 3.63) is 46.0 Å². The molecule has 0 aliphatic heterocycles. The maximum atomic E-state index is 13.2. The van der Waals surface area contributed by atoms with Crippen LogP contribution in [-0.4, -0.2) is 9.78 Å². The summed E-state index contributed by atoms with van der Waals surface area (Å²) in [7, 11) is 0. The van der Waals surface area contributed by atoms with Crippen molar-refractivity contribution in [1.82, 2.24) is 9.78 Å². The van der Waals surface area contributed by atoms with E-state index in [0.717, 1.165) is 17.9 Å². The smallest absolute Gasteiger partial charge is 0.131 e. The highest BCUT2D eigenvalue weighted by Crippen LogP contribution is 2.23. The molecule has 0 unspecified atom stereocenters. The summed E-state index contributed by atoms with van der Waals surface area (Å²) in [5.41, 5.74) is 2.19. The van der Waals surface area contributed by atoms with Gasteiger partial charge in [-0.2, -0.15) is 5.10 Å². The molecule has 0 saturated heterocycles. The summed E-state index contributed by atoms with van der Waals surface area (Å²) in [6.07, 6.45) is 0. The third-order valence-electron chi connectivity index (χ3n) is 2.96. The zero-order valence-corrected chi connectivity index (χ0v) is 12.0. The molecule has 5 heteroatoms. The fourth-order valence-corrected chi connectivity index (χ4v) is 2.06. The highest BCUT2D eigenvalue weighted by molar-refractivity contribution is 6.31. The number of benzene rings is 1. The zero-order valence-electron chi connectivity index (χ0n) is 11.2. The first-order valence-corrected chi connectivity index (χ1v) is 6.51. The first-order chi connectivity index (χ1) is 9.02. The summed E-state index contributed by atoms with van der Waals surface area (Å²) >= 11 is 6.19. The minimum absolute atomic E-state index is 0.236. The maximum Gasteiger partial charge on any atom is 0.131 e. The molecule has 0 fully saturated rings. The average molecular weight is 283 g/mol. The molecule has 102 valence electrons. The van der Waals surface area contributed by atoms with Gasteiger partial charge in [0.15, 0.2) is 0 Å². The van der Waals surface area contributed by atoms with Crippen LogP contribution in [0.4, 0.5) is 4.39 Å². The van der Waals surface area contributed by atoms with Gasteiger partial charge in [0.05, 0.1) is 16.4 Å². The summed E-state index contributed by atoms with van der Waals surface area (Å²) in [5, 5.41) is 4.94. The molecular weight excluding hydrogens is 267 g/mol. The predicted molar refractivity (Wildman–Crippen MR) is 73.1 cm³/mol. The van der Waals surface area contributed by atoms with Crippen molar-refractivity contribution in [3.63, 3.8) is 0 Å². The van der Waals surface area contributed by atoms with Crippen LogP contribution in [0.2, 0.25) is 5.02 Å². The Morgan fingerprint density at radius 3 is 2.74 bits per heavy atom. The number of ether oxygens (including phenoxy) is 1. The topological polar surface area (TPSA) is 27.1 Å². The SMILES string of the molecule is CCn1nc(C)c(Cl)c1COc1ccc(F)c(C)c1. The number of halogens is 2. The quantitative estimate of drug-likeness (QED) is 0.851. The molecule has 0 bridgehead atoms. The molecule has 19 heavy (non-hydrogen) atoms. The second-order valence-electron chi connectivity index (χ2n) is 4.36. The van der Waals surface area contributed by atoms with E-state index in [-0.39, 0.29) is 5.82 Å². The van der Waals surface area contributed by atoms with E-state index in [1.165, 1.54) is 6.07 Å². The van der Waals surface area contributed by atoms with Crippen LogP contribution in [0.25, 0.3) is 0 Å². The highest BCUT2D eigenvalue weighted by Gasteiger charge is 2.13. The van der Waals surface area contributed by atoms with Crippen LogP contribution < -0.4 is 4.74 Å². The minimum Gasteiger partial charge on any atom is -0.487 e. The van der Waals surface area contributed by atoms with Crippen molar-refractivity contribution in [2.45, 2.75) is 33.9 Å². The normalized spacial score (nSPS) is 10.8. The van der Waals surface area contributed by atoms with Crippen molar-refractivity contribution in [1.29, 1.82) is 0 Å². The molecule has 0 N–H and O–H groups in total. The Morgan fingerprint density at radius 2 is 2.11 bits per heavy atom. The molecule has 2 rings (SSSR count). The molecule has 0 aliphatic rings. The predicted octanol–water partition coefficient (Wildman–Crippen LogP) is 3.89. The fraction of sp³-hybridized carbons (Fsp3) is 0.357. The summed E-state index contributed by atoms with van der Waals surface area (Å²) in [6, 6.07) is 4.67. The molecule has 0 saturated carbocycles. The molecule has 0 aliphatic carbocycles. The molecule has 1 aromatic heterocycles. The Morgan fingerprint density at radius 1 is 1.37 bits per heavy atom. The lowest BCUT2D eigenvalue weighted by molar-refractivity contribution is 0.292. The number of aryl methyl sites for hydroxylation is 3. The van der Waals surface area contributed by atoms with E-state index in [2.05, 4.69) is 5.10 Å². The minimum atomic E-state index is -0.236. The van der Waals surface area contributed by atoms with E-state index < -0.39 is 0 Å². The van der Waals surface area contributed by atoms with E-state index in [0.29, 0.717) is 22.9 Å². The Kier molecular flexibility index (Phi) is 4.10. The maximum absolute atomic E-state index is 13.2. The number of rotatable bonds is 4. The van der Waals surface area contributed by atoms with E-state index in [1.807, 2.05) is 18.5 Å². The van der Waals surface area contributed by atoms with Gasteiger partial charge < -0.3 is 4.74 Å². The Labute approximate surface area is 117 Å². The zero-order chi connectivity index (χ0) is 14.0. The van der Waals surface area contributed by atoms with Crippen molar-refractivity contribution in [2.24, 2.45) is 0 Å². The molecule has 1 heterocycles. The summed E-state index contributed by atoms with van der Waals surface area (Å²) < 4.78 is 20.6. The van der Waals surface area contributed by atoms with Gasteiger partial charge in [0.25, 0.3) is 0 Å². The molecular formula is C14H16ClFN2O. The highest BCUT2D eigenvalue weighted by atomic mass is 35.5. The molecule has 2 aromatic rings. The van der Waals surface area contributed by atoms with Gasteiger partial charge >= 0.3 is 0 Å². The van der Waals surface area contributed by atoms with Crippen molar-refractivity contribution < 1.29 is 9.13 Å². The molecule has 0 amide bonds. The molecule has 1 aromatic carbocycles. The van der Waals surface area contributed by atoms with Gasteiger partial charge in [-0.25, -0.2) is 4.39 Å². The Balaban J connectivity index is 2.16. The van der Waals surface area contributed by atoms with Crippen LogP contribution in [-0.2, 0) is 13.2 Å². The van der Waals surface area contributed by atoms with Gasteiger partial charge in [-0.1, -0.05) is 11.6 Å². The van der Waals surface area contributed by atoms with Crippen molar-refractivity contribution in [3.8, 4) is 5.75 Å². The summed E-state index contributed by atoms with van der Waals surface area (Å²) in [4.78, 5) is 0. The van der Waals surface area contributed by atoms with Crippen LogP contribution in [0, 0.1) is 19.7 Å². The molecule has 0 radical (unpaired) electrons. The fourth-order valence-electron chi connectivity index (χ4n) is 1.87. The molecule has 0 atom stereocenters. The van der Waals surface area contributed by atoms with Crippen LogP contribution in [0.1, 0.15) is 23.9 Å².